The summed E-state index contributed by atoms with van der Waals surface area (Å²) < 4.78 is 18.1. The van der Waals surface area contributed by atoms with Crippen LogP contribution in [0.15, 0.2) is 48.7 Å². The van der Waals surface area contributed by atoms with Crippen molar-refractivity contribution in [3.05, 3.63) is 88.3 Å². The number of Topliss-reactive ketones (excluding diaryl/α,β-unsaturated/α-hetero) is 1. The van der Waals surface area contributed by atoms with Crippen LogP contribution >= 0.6 is 0 Å². The van der Waals surface area contributed by atoms with Gasteiger partial charge in [-0.2, -0.15) is 0 Å². The van der Waals surface area contributed by atoms with Gasteiger partial charge in [0.25, 0.3) is 5.91 Å². The summed E-state index contributed by atoms with van der Waals surface area (Å²) in [6.07, 6.45) is 1.60. The molecular formula is C24H24FN3O4. The summed E-state index contributed by atoms with van der Waals surface area (Å²) >= 11 is 0. The molecule has 2 heterocycles. The topological polar surface area (TPSA) is 92.4 Å². The van der Waals surface area contributed by atoms with Crippen molar-refractivity contribution in [1.82, 2.24) is 14.9 Å². The number of hydrogen-bond acceptors (Lipinski definition) is 5. The number of esters is 1. The number of carbonyl (C=O) groups excluding carboxylic acids is 3. The van der Waals surface area contributed by atoms with Gasteiger partial charge in [-0.1, -0.05) is 6.07 Å². The van der Waals surface area contributed by atoms with E-state index in [0.717, 1.165) is 0 Å². The van der Waals surface area contributed by atoms with Gasteiger partial charge in [-0.25, -0.2) is 9.18 Å². The lowest BCUT2D eigenvalue weighted by Gasteiger charge is -2.28. The number of aromatic amines is 1. The number of benzene rings is 1. The van der Waals surface area contributed by atoms with E-state index >= 15 is 0 Å². The van der Waals surface area contributed by atoms with Gasteiger partial charge >= 0.3 is 5.97 Å². The fraction of sp³-hybridized carbons (Fsp3) is 0.250. The quantitative estimate of drug-likeness (QED) is 0.448. The number of carbonyl (C=O) groups is 3. The number of H-pyrrole nitrogens is 1. The third-order valence-corrected chi connectivity index (χ3v) is 5.33. The van der Waals surface area contributed by atoms with Crippen LogP contribution in [-0.2, 0) is 11.3 Å². The number of aryl methyl sites for hydroxylation is 1. The molecule has 1 amide bonds. The number of pyridine rings is 1. The Bertz CT molecular complexity index is 1140. The number of halogens is 1. The number of hydrogen-bond donors (Lipinski definition) is 1. The van der Waals surface area contributed by atoms with E-state index in [1.807, 2.05) is 0 Å². The van der Waals surface area contributed by atoms with E-state index in [-0.39, 0.29) is 23.6 Å². The minimum absolute atomic E-state index is 0.0797. The molecule has 1 N–H and O–H groups in total. The second-order valence-electron chi connectivity index (χ2n) is 7.42. The van der Waals surface area contributed by atoms with Crippen molar-refractivity contribution < 1.29 is 23.5 Å². The summed E-state index contributed by atoms with van der Waals surface area (Å²) in [4.78, 5) is 47.4. The van der Waals surface area contributed by atoms with E-state index in [0.29, 0.717) is 22.5 Å². The number of aromatic nitrogens is 2. The van der Waals surface area contributed by atoms with Gasteiger partial charge < -0.3 is 14.6 Å². The summed E-state index contributed by atoms with van der Waals surface area (Å²) in [5.74, 6) is -1.81. The predicted molar refractivity (Wildman–Crippen MR) is 116 cm³/mol. The maximum atomic E-state index is 13.5. The molecule has 3 rings (SSSR count). The van der Waals surface area contributed by atoms with Crippen LogP contribution in [0.25, 0.3) is 0 Å². The van der Waals surface area contributed by atoms with Crippen molar-refractivity contribution in [2.24, 2.45) is 0 Å². The first-order chi connectivity index (χ1) is 15.2. The zero-order chi connectivity index (χ0) is 23.4. The van der Waals surface area contributed by atoms with E-state index in [1.54, 1.807) is 45.2 Å². The van der Waals surface area contributed by atoms with Gasteiger partial charge in [-0.3, -0.25) is 14.6 Å². The van der Waals surface area contributed by atoms with E-state index < -0.39 is 23.7 Å². The normalized spacial score (nSPS) is 11.7. The van der Waals surface area contributed by atoms with Crippen LogP contribution in [0.4, 0.5) is 4.39 Å². The highest BCUT2D eigenvalue weighted by Gasteiger charge is 2.32. The second-order valence-corrected chi connectivity index (χ2v) is 7.42. The van der Waals surface area contributed by atoms with Gasteiger partial charge in [0.2, 0.25) is 0 Å². The van der Waals surface area contributed by atoms with E-state index in [1.165, 1.54) is 36.3 Å². The van der Waals surface area contributed by atoms with Crippen molar-refractivity contribution in [3.63, 3.8) is 0 Å². The molecule has 0 spiro atoms. The Kier molecular flexibility index (Phi) is 6.82. The third-order valence-electron chi connectivity index (χ3n) is 5.33. The second kappa shape index (κ2) is 9.55. The summed E-state index contributed by atoms with van der Waals surface area (Å²) in [5, 5.41) is 0. The average Bonchev–Trinajstić information content (AvgIpc) is 3.10. The van der Waals surface area contributed by atoms with Crippen LogP contribution in [0.1, 0.15) is 55.1 Å². The smallest absolute Gasteiger partial charge is 0.354 e. The maximum absolute atomic E-state index is 13.5. The van der Waals surface area contributed by atoms with Crippen LogP contribution in [-0.4, -0.2) is 45.7 Å². The molecule has 0 bridgehead atoms. The van der Waals surface area contributed by atoms with Crippen LogP contribution in [0.2, 0.25) is 0 Å². The molecule has 2 aromatic heterocycles. The zero-order valence-electron chi connectivity index (χ0n) is 18.3. The van der Waals surface area contributed by atoms with Gasteiger partial charge in [0.05, 0.1) is 25.4 Å². The molecular weight excluding hydrogens is 413 g/mol. The molecule has 1 unspecified atom stereocenters. The summed E-state index contributed by atoms with van der Waals surface area (Å²) in [5.41, 5.74) is 2.34. The molecule has 8 heteroatoms. The van der Waals surface area contributed by atoms with E-state index in [4.69, 9.17) is 4.74 Å². The number of amides is 1. The summed E-state index contributed by atoms with van der Waals surface area (Å²) in [6.45, 7) is 5.04. The SMILES string of the molecule is COC(=O)c1[nH]c(C)c(C(=O)C(C)N(Cc2ccccn2)C(=O)c2ccc(F)cc2)c1C. The average molecular weight is 437 g/mol. The Labute approximate surface area is 185 Å². The lowest BCUT2D eigenvalue weighted by molar-refractivity contribution is 0.0591. The molecule has 0 aliphatic carbocycles. The van der Waals surface area contributed by atoms with Gasteiger partial charge in [0.15, 0.2) is 5.78 Å². The van der Waals surface area contributed by atoms with Crippen molar-refractivity contribution in [3.8, 4) is 0 Å². The highest BCUT2D eigenvalue weighted by molar-refractivity contribution is 6.07. The summed E-state index contributed by atoms with van der Waals surface area (Å²) in [7, 11) is 1.26. The van der Waals surface area contributed by atoms with Crippen LogP contribution in [0, 0.1) is 19.7 Å². The Morgan fingerprint density at radius 2 is 1.81 bits per heavy atom. The highest BCUT2D eigenvalue weighted by atomic mass is 19.1. The molecule has 0 fully saturated rings. The number of nitrogens with zero attached hydrogens (tertiary/aromatic N) is 2. The van der Waals surface area contributed by atoms with E-state index in [9.17, 15) is 18.8 Å². The van der Waals surface area contributed by atoms with E-state index in [2.05, 4.69) is 9.97 Å². The maximum Gasteiger partial charge on any atom is 0.354 e. The number of nitrogens with one attached hydrogen (secondary N) is 1. The fourth-order valence-electron chi connectivity index (χ4n) is 3.59. The van der Waals surface area contributed by atoms with Crippen LogP contribution in [0.3, 0.4) is 0 Å². The van der Waals surface area contributed by atoms with Crippen molar-refractivity contribution >= 4 is 17.7 Å². The monoisotopic (exact) mass is 437 g/mol. The van der Waals surface area contributed by atoms with Crippen molar-refractivity contribution in [2.45, 2.75) is 33.4 Å². The van der Waals surface area contributed by atoms with Crippen LogP contribution in [0.5, 0.6) is 0 Å². The van der Waals surface area contributed by atoms with Crippen molar-refractivity contribution in [2.75, 3.05) is 7.11 Å². The molecule has 0 aliphatic heterocycles. The van der Waals surface area contributed by atoms with Crippen molar-refractivity contribution in [1.29, 1.82) is 0 Å². The molecule has 32 heavy (non-hydrogen) atoms. The van der Waals surface area contributed by atoms with Gasteiger partial charge in [0.1, 0.15) is 11.5 Å². The zero-order valence-corrected chi connectivity index (χ0v) is 18.3. The molecule has 1 aromatic carbocycles. The molecule has 0 aliphatic rings. The lowest BCUT2D eigenvalue weighted by atomic mass is 9.99. The first-order valence-corrected chi connectivity index (χ1v) is 10.0. The fourth-order valence-corrected chi connectivity index (χ4v) is 3.59. The first-order valence-electron chi connectivity index (χ1n) is 10.0. The number of methoxy groups -OCH3 is 1. The summed E-state index contributed by atoms with van der Waals surface area (Å²) in [6, 6.07) is 9.57. The molecule has 3 aromatic rings. The van der Waals surface area contributed by atoms with Gasteiger partial charge in [0, 0.05) is 23.0 Å². The van der Waals surface area contributed by atoms with Crippen LogP contribution < -0.4 is 0 Å². The molecule has 166 valence electrons. The van der Waals surface area contributed by atoms with Gasteiger partial charge in [-0.05, 0) is 62.7 Å². The molecule has 0 saturated carbocycles. The first kappa shape index (κ1) is 22.9. The van der Waals surface area contributed by atoms with Gasteiger partial charge in [-0.15, -0.1) is 0 Å². The lowest BCUT2D eigenvalue weighted by Crippen LogP contribution is -2.43. The molecule has 0 saturated heterocycles. The Morgan fingerprint density at radius 1 is 1.12 bits per heavy atom. The number of ether oxygens (including phenoxy) is 1. The third kappa shape index (κ3) is 4.59. The molecule has 0 radical (unpaired) electrons. The Balaban J connectivity index is 1.99. The molecule has 7 nitrogen and oxygen atoms in total. The number of ketones is 1. The predicted octanol–water partition coefficient (Wildman–Crippen LogP) is 3.87. The Morgan fingerprint density at radius 3 is 2.41 bits per heavy atom. The minimum atomic E-state index is -0.881. The minimum Gasteiger partial charge on any atom is -0.464 e. The largest absolute Gasteiger partial charge is 0.464 e. The standard InChI is InChI=1S/C24H24FN3O4/c1-14-20(15(2)27-21(14)24(31)32-4)22(29)16(3)28(13-19-7-5-6-12-26-19)23(30)17-8-10-18(25)11-9-17/h5-12,16,27H,13H2,1-4H3. The number of rotatable bonds is 7. The molecule has 1 atom stereocenters. The highest BCUT2D eigenvalue weighted by Crippen LogP contribution is 2.23. The Hall–Kier alpha value is -3.81.